The summed E-state index contributed by atoms with van der Waals surface area (Å²) in [6.45, 7) is 5.27. The average Bonchev–Trinajstić information content (AvgIpc) is 2.98. The zero-order valence-electron chi connectivity index (χ0n) is 14.2. The first kappa shape index (κ1) is 18.7. The van der Waals surface area contributed by atoms with Crippen LogP contribution in [-0.4, -0.2) is 45.4 Å². The highest BCUT2D eigenvalue weighted by Crippen LogP contribution is 2.30. The molecular formula is C16H30N2O4S. The highest BCUT2D eigenvalue weighted by atomic mass is 32.2. The first-order valence-electron chi connectivity index (χ1n) is 8.75. The molecule has 2 fully saturated rings. The first-order chi connectivity index (χ1) is 10.9. The molecule has 1 amide bonds. The molecule has 23 heavy (non-hydrogen) atoms. The van der Waals surface area contributed by atoms with Crippen LogP contribution in [0.5, 0.6) is 0 Å². The second-order valence-corrected chi connectivity index (χ2v) is 8.92. The van der Waals surface area contributed by atoms with Gasteiger partial charge in [-0.25, -0.2) is 13.1 Å². The molecule has 0 aromatic rings. The Morgan fingerprint density at radius 1 is 1.17 bits per heavy atom. The van der Waals surface area contributed by atoms with E-state index >= 15 is 0 Å². The first-order valence-corrected chi connectivity index (χ1v) is 10.4. The van der Waals surface area contributed by atoms with Crippen LogP contribution in [0.4, 0.5) is 0 Å². The third-order valence-electron chi connectivity index (χ3n) is 4.90. The fraction of sp³-hybridized carbons (Fsp3) is 0.938. The predicted molar refractivity (Wildman–Crippen MR) is 89.5 cm³/mol. The van der Waals surface area contributed by atoms with Crippen LogP contribution < -0.4 is 10.0 Å². The van der Waals surface area contributed by atoms with Crippen LogP contribution >= 0.6 is 0 Å². The molecule has 7 heteroatoms. The molecule has 2 aliphatic rings. The van der Waals surface area contributed by atoms with Crippen LogP contribution in [0.1, 0.15) is 52.4 Å². The van der Waals surface area contributed by atoms with Crippen molar-refractivity contribution in [2.75, 3.05) is 18.9 Å². The van der Waals surface area contributed by atoms with Gasteiger partial charge in [0.25, 0.3) is 0 Å². The smallest absolute Gasteiger partial charge is 0.236 e. The average molecular weight is 346 g/mol. The maximum absolute atomic E-state index is 12.1. The van der Waals surface area contributed by atoms with E-state index in [0.29, 0.717) is 18.4 Å². The van der Waals surface area contributed by atoms with Crippen LogP contribution in [0.25, 0.3) is 0 Å². The minimum atomic E-state index is -3.60. The number of hydrogen-bond donors (Lipinski definition) is 2. The van der Waals surface area contributed by atoms with Crippen molar-refractivity contribution in [1.82, 2.24) is 10.0 Å². The Bertz CT molecular complexity index is 486. The molecular weight excluding hydrogens is 316 g/mol. The van der Waals surface area contributed by atoms with Gasteiger partial charge >= 0.3 is 0 Å². The Kier molecular flexibility index (Phi) is 6.85. The van der Waals surface area contributed by atoms with Crippen LogP contribution in [-0.2, 0) is 19.6 Å². The second-order valence-electron chi connectivity index (χ2n) is 7.11. The predicted octanol–water partition coefficient (Wildman–Crippen LogP) is 1.42. The molecule has 2 rings (SSSR count). The van der Waals surface area contributed by atoms with E-state index in [1.165, 1.54) is 6.42 Å². The minimum Gasteiger partial charge on any atom is -0.377 e. The Hall–Kier alpha value is -0.660. The van der Waals surface area contributed by atoms with E-state index in [9.17, 15) is 13.2 Å². The van der Waals surface area contributed by atoms with Gasteiger partial charge in [-0.2, -0.15) is 0 Å². The summed E-state index contributed by atoms with van der Waals surface area (Å²) in [6, 6.07) is 0.101. The van der Waals surface area contributed by atoms with Gasteiger partial charge < -0.3 is 10.1 Å². The van der Waals surface area contributed by atoms with Crippen molar-refractivity contribution >= 4 is 15.9 Å². The summed E-state index contributed by atoms with van der Waals surface area (Å²) in [6.07, 6.45) is 6.11. The quantitative estimate of drug-likeness (QED) is 0.730. The lowest BCUT2D eigenvalue weighted by atomic mass is 9.78. The summed E-state index contributed by atoms with van der Waals surface area (Å²) >= 11 is 0. The lowest BCUT2D eigenvalue weighted by Gasteiger charge is -2.34. The third-order valence-corrected chi connectivity index (χ3v) is 6.15. The molecule has 0 spiro atoms. The van der Waals surface area contributed by atoms with E-state index in [1.54, 1.807) is 0 Å². The summed E-state index contributed by atoms with van der Waals surface area (Å²) in [4.78, 5) is 12.1. The molecule has 1 saturated carbocycles. The SMILES string of the molecule is CC(C)[C@@H]1CCCC[C@@H]1NC(=O)CS(=O)(=O)NC[C@@H]1CCCO1. The largest absolute Gasteiger partial charge is 0.377 e. The zero-order chi connectivity index (χ0) is 16.9. The highest BCUT2D eigenvalue weighted by molar-refractivity contribution is 7.90. The summed E-state index contributed by atoms with van der Waals surface area (Å²) < 4.78 is 31.9. The van der Waals surface area contributed by atoms with Gasteiger partial charge in [-0.05, 0) is 37.5 Å². The van der Waals surface area contributed by atoms with Crippen molar-refractivity contribution in [2.24, 2.45) is 11.8 Å². The van der Waals surface area contributed by atoms with E-state index in [2.05, 4.69) is 23.9 Å². The maximum atomic E-state index is 12.1. The van der Waals surface area contributed by atoms with E-state index < -0.39 is 21.7 Å². The van der Waals surface area contributed by atoms with Crippen molar-refractivity contribution in [2.45, 2.75) is 64.5 Å². The fourth-order valence-corrected chi connectivity index (χ4v) is 4.60. The lowest BCUT2D eigenvalue weighted by Crippen LogP contribution is -2.47. The zero-order valence-corrected chi connectivity index (χ0v) is 15.0. The molecule has 6 nitrogen and oxygen atoms in total. The van der Waals surface area contributed by atoms with E-state index in [-0.39, 0.29) is 18.7 Å². The molecule has 1 aliphatic heterocycles. The molecule has 0 unspecified atom stereocenters. The van der Waals surface area contributed by atoms with E-state index in [1.807, 2.05) is 0 Å². The van der Waals surface area contributed by atoms with Crippen molar-refractivity contribution in [3.8, 4) is 0 Å². The molecule has 2 N–H and O–H groups in total. The number of sulfonamides is 1. The lowest BCUT2D eigenvalue weighted by molar-refractivity contribution is -0.120. The molecule has 1 saturated heterocycles. The number of rotatable bonds is 7. The standard InChI is InChI=1S/C16H30N2O4S/c1-12(2)14-7-3-4-8-15(14)18-16(19)11-23(20,21)17-10-13-6-5-9-22-13/h12-15,17H,3-11H2,1-2H3,(H,18,19)/t13-,14-,15-/m0/s1. The maximum Gasteiger partial charge on any atom is 0.236 e. The second kappa shape index (κ2) is 8.44. The van der Waals surface area contributed by atoms with Gasteiger partial charge in [-0.3, -0.25) is 4.79 Å². The Morgan fingerprint density at radius 3 is 2.57 bits per heavy atom. The summed E-state index contributed by atoms with van der Waals surface area (Å²) in [7, 11) is -3.60. The Balaban J connectivity index is 1.80. The number of carbonyl (C=O) groups is 1. The van der Waals surface area contributed by atoms with Crippen LogP contribution in [0.15, 0.2) is 0 Å². The Labute approximate surface area is 139 Å². The van der Waals surface area contributed by atoms with Gasteiger partial charge in [0, 0.05) is 19.2 Å². The van der Waals surface area contributed by atoms with Gasteiger partial charge in [0.05, 0.1) is 6.10 Å². The van der Waals surface area contributed by atoms with Crippen molar-refractivity contribution in [1.29, 1.82) is 0 Å². The third kappa shape index (κ3) is 6.04. The molecule has 134 valence electrons. The van der Waals surface area contributed by atoms with Crippen molar-refractivity contribution < 1.29 is 17.9 Å². The van der Waals surface area contributed by atoms with Crippen molar-refractivity contribution in [3.05, 3.63) is 0 Å². The summed E-state index contributed by atoms with van der Waals surface area (Å²) in [5.74, 6) is 0.0357. The number of ether oxygens (including phenoxy) is 1. The van der Waals surface area contributed by atoms with Crippen LogP contribution in [0.3, 0.4) is 0 Å². The summed E-state index contributed by atoms with van der Waals surface area (Å²) in [5.41, 5.74) is 0. The van der Waals surface area contributed by atoms with Crippen molar-refractivity contribution in [3.63, 3.8) is 0 Å². The number of nitrogens with one attached hydrogen (secondary N) is 2. The van der Waals surface area contributed by atoms with Gasteiger partial charge in [-0.1, -0.05) is 26.7 Å². The number of hydrogen-bond acceptors (Lipinski definition) is 4. The molecule has 1 aliphatic carbocycles. The van der Waals surface area contributed by atoms with Gasteiger partial charge in [0.2, 0.25) is 15.9 Å². The number of amides is 1. The molecule has 0 aromatic heterocycles. The fourth-order valence-electron chi connectivity index (χ4n) is 3.63. The molecule has 0 radical (unpaired) electrons. The molecule has 0 bridgehead atoms. The number of carbonyl (C=O) groups excluding carboxylic acids is 1. The molecule has 0 aromatic carbocycles. The van der Waals surface area contributed by atoms with E-state index in [0.717, 1.165) is 32.1 Å². The topological polar surface area (TPSA) is 84.5 Å². The van der Waals surface area contributed by atoms with Crippen LogP contribution in [0, 0.1) is 11.8 Å². The normalized spacial score (nSPS) is 28.9. The van der Waals surface area contributed by atoms with Gasteiger partial charge in [0.1, 0.15) is 5.75 Å². The summed E-state index contributed by atoms with van der Waals surface area (Å²) in [5, 5.41) is 2.95. The van der Waals surface area contributed by atoms with E-state index in [4.69, 9.17) is 4.74 Å². The molecule has 1 heterocycles. The van der Waals surface area contributed by atoms with Gasteiger partial charge in [-0.15, -0.1) is 0 Å². The highest BCUT2D eigenvalue weighted by Gasteiger charge is 2.30. The minimum absolute atomic E-state index is 0.0588. The molecule has 3 atom stereocenters. The Morgan fingerprint density at radius 2 is 1.91 bits per heavy atom. The monoisotopic (exact) mass is 346 g/mol. The van der Waals surface area contributed by atoms with Crippen LogP contribution in [0.2, 0.25) is 0 Å². The van der Waals surface area contributed by atoms with Gasteiger partial charge in [0.15, 0.2) is 0 Å².